The van der Waals surface area contributed by atoms with Crippen molar-refractivity contribution < 1.29 is 18.7 Å². The summed E-state index contributed by atoms with van der Waals surface area (Å²) in [5.74, 6) is -1.49. The van der Waals surface area contributed by atoms with Crippen molar-refractivity contribution in [3.63, 3.8) is 0 Å². The van der Waals surface area contributed by atoms with Crippen LogP contribution in [0, 0.1) is 12.7 Å². The standard InChI is InChI=1S/C15H10FNO3/c1-8-5-6-11(16)10(7-8)14-17-12-4-2-3-9(15(18)19)13(12)20-14/h2-7H,1H3,(H,18,19). The third-order valence-corrected chi connectivity index (χ3v) is 3.00. The molecule has 20 heavy (non-hydrogen) atoms. The minimum absolute atomic E-state index is 0.00862. The van der Waals surface area contributed by atoms with Gasteiger partial charge >= 0.3 is 5.97 Å². The summed E-state index contributed by atoms with van der Waals surface area (Å²) in [5.41, 5.74) is 1.63. The number of oxazole rings is 1. The summed E-state index contributed by atoms with van der Waals surface area (Å²) < 4.78 is 19.3. The monoisotopic (exact) mass is 271 g/mol. The fourth-order valence-corrected chi connectivity index (χ4v) is 2.04. The molecule has 0 atom stereocenters. The van der Waals surface area contributed by atoms with Gasteiger partial charge in [-0.3, -0.25) is 0 Å². The van der Waals surface area contributed by atoms with Crippen LogP contribution in [0.1, 0.15) is 15.9 Å². The van der Waals surface area contributed by atoms with E-state index in [1.165, 1.54) is 12.1 Å². The van der Waals surface area contributed by atoms with Crippen LogP contribution in [0.2, 0.25) is 0 Å². The molecule has 0 fully saturated rings. The third-order valence-electron chi connectivity index (χ3n) is 3.00. The van der Waals surface area contributed by atoms with Gasteiger partial charge in [0, 0.05) is 0 Å². The van der Waals surface area contributed by atoms with Gasteiger partial charge in [-0.2, -0.15) is 0 Å². The first kappa shape index (κ1) is 12.3. The molecule has 4 nitrogen and oxygen atoms in total. The summed E-state index contributed by atoms with van der Waals surface area (Å²) in [4.78, 5) is 15.3. The number of hydrogen-bond acceptors (Lipinski definition) is 3. The second kappa shape index (κ2) is 4.45. The third kappa shape index (κ3) is 1.93. The fourth-order valence-electron chi connectivity index (χ4n) is 2.04. The highest BCUT2D eigenvalue weighted by atomic mass is 19.1. The van der Waals surface area contributed by atoms with Gasteiger partial charge < -0.3 is 9.52 Å². The molecule has 0 spiro atoms. The van der Waals surface area contributed by atoms with Gasteiger partial charge in [0.05, 0.1) is 5.56 Å². The van der Waals surface area contributed by atoms with Crippen LogP contribution in [0.5, 0.6) is 0 Å². The number of hydrogen-bond donors (Lipinski definition) is 1. The number of nitrogens with zero attached hydrogens (tertiary/aromatic N) is 1. The summed E-state index contributed by atoms with van der Waals surface area (Å²) in [6, 6.07) is 9.21. The second-order valence-electron chi connectivity index (χ2n) is 4.46. The van der Waals surface area contributed by atoms with Gasteiger partial charge in [0.15, 0.2) is 5.58 Å². The zero-order valence-electron chi connectivity index (χ0n) is 10.6. The molecule has 0 radical (unpaired) electrons. The molecule has 0 bridgehead atoms. The average Bonchev–Trinajstić information content (AvgIpc) is 2.84. The summed E-state index contributed by atoms with van der Waals surface area (Å²) in [6.07, 6.45) is 0. The van der Waals surface area contributed by atoms with E-state index in [0.717, 1.165) is 5.56 Å². The lowest BCUT2D eigenvalue weighted by Crippen LogP contribution is -1.95. The van der Waals surface area contributed by atoms with E-state index in [4.69, 9.17) is 9.52 Å². The predicted octanol–water partition coefficient (Wildman–Crippen LogP) is 3.64. The van der Waals surface area contributed by atoms with Crippen molar-refractivity contribution in [2.24, 2.45) is 0 Å². The van der Waals surface area contributed by atoms with Crippen LogP contribution in [-0.4, -0.2) is 16.1 Å². The van der Waals surface area contributed by atoms with E-state index < -0.39 is 11.8 Å². The van der Waals surface area contributed by atoms with Crippen molar-refractivity contribution in [2.75, 3.05) is 0 Å². The van der Waals surface area contributed by atoms with Gasteiger partial charge in [0.25, 0.3) is 0 Å². The number of rotatable bonds is 2. The van der Waals surface area contributed by atoms with Crippen molar-refractivity contribution in [3.05, 3.63) is 53.3 Å². The molecule has 0 aliphatic rings. The molecule has 1 aromatic heterocycles. The highest BCUT2D eigenvalue weighted by molar-refractivity contribution is 6.00. The Kier molecular flexibility index (Phi) is 2.75. The van der Waals surface area contributed by atoms with Crippen molar-refractivity contribution in [1.29, 1.82) is 0 Å². The lowest BCUT2D eigenvalue weighted by molar-refractivity contribution is 0.0698. The smallest absolute Gasteiger partial charge is 0.339 e. The van der Waals surface area contributed by atoms with E-state index in [1.807, 2.05) is 6.92 Å². The molecule has 0 aliphatic heterocycles. The highest BCUT2D eigenvalue weighted by Gasteiger charge is 2.17. The van der Waals surface area contributed by atoms with Crippen LogP contribution in [0.3, 0.4) is 0 Å². The van der Waals surface area contributed by atoms with Crippen LogP contribution in [0.25, 0.3) is 22.6 Å². The minimum Gasteiger partial charge on any atom is -0.478 e. The number of fused-ring (bicyclic) bond motifs is 1. The van der Waals surface area contributed by atoms with Crippen molar-refractivity contribution >= 4 is 17.1 Å². The molecule has 0 saturated heterocycles. The number of aromatic nitrogens is 1. The molecule has 2 aromatic carbocycles. The average molecular weight is 271 g/mol. The van der Waals surface area contributed by atoms with E-state index >= 15 is 0 Å². The highest BCUT2D eigenvalue weighted by Crippen LogP contribution is 2.28. The van der Waals surface area contributed by atoms with E-state index in [-0.39, 0.29) is 22.6 Å². The van der Waals surface area contributed by atoms with E-state index in [1.54, 1.807) is 24.3 Å². The maximum absolute atomic E-state index is 13.8. The molecular weight excluding hydrogens is 261 g/mol. The molecule has 5 heteroatoms. The number of carboxylic acids is 1. The Balaban J connectivity index is 2.26. The number of carboxylic acid groups (broad SMARTS) is 1. The first-order chi connectivity index (χ1) is 9.56. The second-order valence-corrected chi connectivity index (χ2v) is 4.46. The molecule has 1 heterocycles. The topological polar surface area (TPSA) is 63.3 Å². The number of benzene rings is 2. The molecule has 3 rings (SSSR count). The van der Waals surface area contributed by atoms with Gasteiger partial charge in [0.2, 0.25) is 5.89 Å². The van der Waals surface area contributed by atoms with Gasteiger partial charge in [0.1, 0.15) is 16.9 Å². The quantitative estimate of drug-likeness (QED) is 0.772. The Morgan fingerprint density at radius 1 is 1.30 bits per heavy atom. The lowest BCUT2D eigenvalue weighted by atomic mass is 10.1. The maximum Gasteiger partial charge on any atom is 0.339 e. The Hall–Kier alpha value is -2.69. The zero-order valence-corrected chi connectivity index (χ0v) is 10.6. The lowest BCUT2D eigenvalue weighted by Gasteiger charge is -1.99. The van der Waals surface area contributed by atoms with Crippen molar-refractivity contribution in [3.8, 4) is 11.5 Å². The van der Waals surface area contributed by atoms with E-state index in [0.29, 0.717) is 5.52 Å². The number of aromatic carboxylic acids is 1. The number of aryl methyl sites for hydroxylation is 1. The number of carbonyl (C=O) groups is 1. The van der Waals surface area contributed by atoms with Crippen molar-refractivity contribution in [1.82, 2.24) is 4.98 Å². The van der Waals surface area contributed by atoms with E-state index in [2.05, 4.69) is 4.98 Å². The van der Waals surface area contributed by atoms with Crippen LogP contribution in [0.4, 0.5) is 4.39 Å². The normalized spacial score (nSPS) is 10.9. The van der Waals surface area contributed by atoms with Crippen molar-refractivity contribution in [2.45, 2.75) is 6.92 Å². The molecule has 3 aromatic rings. The van der Waals surface area contributed by atoms with Crippen LogP contribution in [-0.2, 0) is 0 Å². The summed E-state index contributed by atoms with van der Waals surface area (Å²) in [7, 11) is 0. The first-order valence-electron chi connectivity index (χ1n) is 5.95. The Morgan fingerprint density at radius 2 is 2.10 bits per heavy atom. The van der Waals surface area contributed by atoms with Crippen LogP contribution < -0.4 is 0 Å². The largest absolute Gasteiger partial charge is 0.478 e. The molecule has 1 N–H and O–H groups in total. The first-order valence-corrected chi connectivity index (χ1v) is 5.95. The SMILES string of the molecule is Cc1ccc(F)c(-c2nc3cccc(C(=O)O)c3o2)c1. The summed E-state index contributed by atoms with van der Waals surface area (Å²) in [6.45, 7) is 1.83. The van der Waals surface area contributed by atoms with Gasteiger partial charge in [-0.1, -0.05) is 17.7 Å². The fraction of sp³-hybridized carbons (Fsp3) is 0.0667. The molecular formula is C15H10FNO3. The van der Waals surface area contributed by atoms with Gasteiger partial charge in [-0.15, -0.1) is 0 Å². The zero-order chi connectivity index (χ0) is 14.3. The number of para-hydroxylation sites is 1. The molecule has 0 amide bonds. The Morgan fingerprint density at radius 3 is 2.85 bits per heavy atom. The maximum atomic E-state index is 13.8. The molecule has 0 saturated carbocycles. The predicted molar refractivity (Wildman–Crippen MR) is 71.1 cm³/mol. The Labute approximate surface area is 113 Å². The number of halogens is 1. The summed E-state index contributed by atoms with van der Waals surface area (Å²) in [5, 5.41) is 9.10. The van der Waals surface area contributed by atoms with Crippen LogP contribution >= 0.6 is 0 Å². The molecule has 0 unspecified atom stereocenters. The van der Waals surface area contributed by atoms with Gasteiger partial charge in [-0.05, 0) is 31.2 Å². The minimum atomic E-state index is -1.11. The van der Waals surface area contributed by atoms with Gasteiger partial charge in [-0.25, -0.2) is 14.2 Å². The van der Waals surface area contributed by atoms with Crippen LogP contribution in [0.15, 0.2) is 40.8 Å². The molecule has 100 valence electrons. The summed E-state index contributed by atoms with van der Waals surface area (Å²) >= 11 is 0. The Bertz CT molecular complexity index is 823. The van der Waals surface area contributed by atoms with E-state index in [9.17, 15) is 9.18 Å². The molecule has 0 aliphatic carbocycles.